The van der Waals surface area contributed by atoms with E-state index in [-0.39, 0.29) is 22.5 Å². The molecule has 0 radical (unpaired) electrons. The van der Waals surface area contributed by atoms with Gasteiger partial charge >= 0.3 is 0 Å². The highest BCUT2D eigenvalue weighted by atomic mass is 32.2. The van der Waals surface area contributed by atoms with E-state index in [0.29, 0.717) is 17.7 Å². The second-order valence-electron chi connectivity index (χ2n) is 6.11. The zero-order chi connectivity index (χ0) is 18.7. The van der Waals surface area contributed by atoms with Crippen molar-refractivity contribution in [1.82, 2.24) is 5.32 Å². The van der Waals surface area contributed by atoms with Gasteiger partial charge in [0.2, 0.25) is 10.0 Å². The maximum absolute atomic E-state index is 14.2. The van der Waals surface area contributed by atoms with Crippen LogP contribution in [0.3, 0.4) is 0 Å². The summed E-state index contributed by atoms with van der Waals surface area (Å²) in [7, 11) is -3.96. The molecule has 3 rings (SSSR count). The molecule has 1 aliphatic heterocycles. The highest BCUT2D eigenvalue weighted by Gasteiger charge is 2.17. The summed E-state index contributed by atoms with van der Waals surface area (Å²) in [5.74, 6) is -0.927. The van der Waals surface area contributed by atoms with Crippen LogP contribution in [0.1, 0.15) is 23.2 Å². The summed E-state index contributed by atoms with van der Waals surface area (Å²) in [6.07, 6.45) is 2.00. The third-order valence-corrected chi connectivity index (χ3v) is 5.15. The summed E-state index contributed by atoms with van der Waals surface area (Å²) in [5, 5.41) is 7.81. The first kappa shape index (κ1) is 18.5. The molecule has 0 unspecified atom stereocenters. The molecule has 1 atom stereocenters. The van der Waals surface area contributed by atoms with Crippen molar-refractivity contribution >= 4 is 15.9 Å². The van der Waals surface area contributed by atoms with Crippen LogP contribution in [0.4, 0.5) is 4.39 Å². The van der Waals surface area contributed by atoms with Crippen LogP contribution in [0, 0.1) is 5.82 Å². The molecule has 0 aromatic heterocycles. The van der Waals surface area contributed by atoms with Crippen LogP contribution < -0.4 is 10.5 Å². The van der Waals surface area contributed by atoms with E-state index in [4.69, 9.17) is 9.88 Å². The van der Waals surface area contributed by atoms with Gasteiger partial charge in [0.25, 0.3) is 5.91 Å². The van der Waals surface area contributed by atoms with Gasteiger partial charge in [-0.15, -0.1) is 0 Å². The topological polar surface area (TPSA) is 98.5 Å². The Hall–Kier alpha value is -2.29. The molecule has 2 aromatic rings. The van der Waals surface area contributed by atoms with Crippen molar-refractivity contribution in [3.8, 4) is 11.1 Å². The molecule has 1 saturated heterocycles. The Morgan fingerprint density at radius 1 is 1.23 bits per heavy atom. The summed E-state index contributed by atoms with van der Waals surface area (Å²) in [4.78, 5) is 11.9. The first-order valence-electron chi connectivity index (χ1n) is 8.17. The number of halogens is 1. The molecule has 0 spiro atoms. The number of sulfonamides is 1. The van der Waals surface area contributed by atoms with Crippen molar-refractivity contribution in [2.75, 3.05) is 13.2 Å². The maximum atomic E-state index is 14.2. The Labute approximate surface area is 151 Å². The number of hydrogen-bond donors (Lipinski definition) is 2. The number of carbonyl (C=O) groups excluding carboxylic acids is 1. The quantitative estimate of drug-likeness (QED) is 0.832. The van der Waals surface area contributed by atoms with Crippen molar-refractivity contribution in [2.45, 2.75) is 23.8 Å². The van der Waals surface area contributed by atoms with Gasteiger partial charge < -0.3 is 10.1 Å². The van der Waals surface area contributed by atoms with Gasteiger partial charge in [-0.3, -0.25) is 4.79 Å². The smallest absolute Gasteiger partial charge is 0.251 e. The number of nitrogens with one attached hydrogen (secondary N) is 1. The Kier molecular flexibility index (Phi) is 5.36. The van der Waals surface area contributed by atoms with E-state index in [1.54, 1.807) is 24.3 Å². The van der Waals surface area contributed by atoms with Crippen LogP contribution in [-0.2, 0) is 14.8 Å². The monoisotopic (exact) mass is 378 g/mol. The highest BCUT2D eigenvalue weighted by molar-refractivity contribution is 7.89. The summed E-state index contributed by atoms with van der Waals surface area (Å²) in [6.45, 7) is 1.19. The van der Waals surface area contributed by atoms with Crippen LogP contribution in [0.25, 0.3) is 11.1 Å². The standard InChI is InChI=1S/C18H19FN2O4S/c19-17-10-15(26(20,23)24)7-8-16(17)12-3-5-13(6-4-12)18(22)21-11-14-2-1-9-25-14/h3-8,10,14H,1-2,9,11H2,(H,21,22)(H2,20,23,24)/t14-/m1/s1. The molecule has 1 heterocycles. The van der Waals surface area contributed by atoms with Crippen LogP contribution in [0.5, 0.6) is 0 Å². The molecule has 2 aromatic carbocycles. The fourth-order valence-electron chi connectivity index (χ4n) is 2.82. The van der Waals surface area contributed by atoms with Crippen molar-refractivity contribution in [2.24, 2.45) is 5.14 Å². The van der Waals surface area contributed by atoms with Gasteiger partial charge in [0.05, 0.1) is 11.0 Å². The van der Waals surface area contributed by atoms with E-state index in [1.165, 1.54) is 12.1 Å². The van der Waals surface area contributed by atoms with E-state index in [2.05, 4.69) is 5.32 Å². The first-order chi connectivity index (χ1) is 12.3. The highest BCUT2D eigenvalue weighted by Crippen LogP contribution is 2.25. The lowest BCUT2D eigenvalue weighted by Gasteiger charge is -2.11. The van der Waals surface area contributed by atoms with Crippen molar-refractivity contribution < 1.29 is 22.3 Å². The van der Waals surface area contributed by atoms with Crippen molar-refractivity contribution in [1.29, 1.82) is 0 Å². The lowest BCUT2D eigenvalue weighted by molar-refractivity contribution is 0.0858. The second kappa shape index (κ2) is 7.53. The minimum atomic E-state index is -3.96. The molecule has 0 aliphatic carbocycles. The third-order valence-electron chi connectivity index (χ3n) is 4.24. The van der Waals surface area contributed by atoms with Gasteiger partial charge in [0.1, 0.15) is 5.82 Å². The zero-order valence-electron chi connectivity index (χ0n) is 13.9. The Bertz CT molecular complexity index is 907. The van der Waals surface area contributed by atoms with Gasteiger partial charge in [-0.1, -0.05) is 18.2 Å². The molecule has 0 bridgehead atoms. The molecule has 1 amide bonds. The number of primary sulfonamides is 1. The average Bonchev–Trinajstić information content (AvgIpc) is 3.12. The third kappa shape index (κ3) is 4.27. The molecule has 138 valence electrons. The Morgan fingerprint density at radius 3 is 2.54 bits per heavy atom. The minimum absolute atomic E-state index is 0.0599. The Balaban J connectivity index is 1.72. The van der Waals surface area contributed by atoms with Crippen molar-refractivity contribution in [3.63, 3.8) is 0 Å². The minimum Gasteiger partial charge on any atom is -0.376 e. The lowest BCUT2D eigenvalue weighted by Crippen LogP contribution is -2.31. The molecule has 6 nitrogen and oxygen atoms in total. The normalized spacial score (nSPS) is 17.2. The van der Waals surface area contributed by atoms with Crippen LogP contribution >= 0.6 is 0 Å². The average molecular weight is 378 g/mol. The van der Waals surface area contributed by atoms with E-state index in [0.717, 1.165) is 25.5 Å². The summed E-state index contributed by atoms with van der Waals surface area (Å²) >= 11 is 0. The van der Waals surface area contributed by atoms with Gasteiger partial charge in [0, 0.05) is 24.3 Å². The van der Waals surface area contributed by atoms with Crippen molar-refractivity contribution in [3.05, 3.63) is 53.8 Å². The Morgan fingerprint density at radius 2 is 1.96 bits per heavy atom. The van der Waals surface area contributed by atoms with Crippen LogP contribution in [0.15, 0.2) is 47.4 Å². The predicted octanol–water partition coefficient (Wildman–Crippen LogP) is 2.05. The lowest BCUT2D eigenvalue weighted by atomic mass is 10.0. The van der Waals surface area contributed by atoms with Crippen LogP contribution in [0.2, 0.25) is 0 Å². The van der Waals surface area contributed by atoms with Gasteiger partial charge in [0.15, 0.2) is 0 Å². The molecule has 1 aliphatic rings. The summed E-state index contributed by atoms with van der Waals surface area (Å²) in [5.41, 5.74) is 1.20. The molecule has 0 saturated carbocycles. The SMILES string of the molecule is NS(=O)(=O)c1ccc(-c2ccc(C(=O)NC[C@H]3CCCO3)cc2)c(F)c1. The van der Waals surface area contributed by atoms with E-state index >= 15 is 0 Å². The zero-order valence-corrected chi connectivity index (χ0v) is 14.8. The number of ether oxygens (including phenoxy) is 1. The number of nitrogens with two attached hydrogens (primary N) is 1. The number of carbonyl (C=O) groups is 1. The molecule has 1 fully saturated rings. The fraction of sp³-hybridized carbons (Fsp3) is 0.278. The predicted molar refractivity (Wildman–Crippen MR) is 94.5 cm³/mol. The molecular formula is C18H19FN2O4S. The van der Waals surface area contributed by atoms with Crippen LogP contribution in [-0.4, -0.2) is 33.6 Å². The van der Waals surface area contributed by atoms with Gasteiger partial charge in [-0.25, -0.2) is 17.9 Å². The molecule has 8 heteroatoms. The number of hydrogen-bond acceptors (Lipinski definition) is 4. The second-order valence-corrected chi connectivity index (χ2v) is 7.67. The van der Waals surface area contributed by atoms with E-state index in [9.17, 15) is 17.6 Å². The largest absolute Gasteiger partial charge is 0.376 e. The fourth-order valence-corrected chi connectivity index (χ4v) is 3.35. The number of rotatable bonds is 5. The number of benzene rings is 2. The molecule has 3 N–H and O–H groups in total. The number of amides is 1. The maximum Gasteiger partial charge on any atom is 0.251 e. The summed E-state index contributed by atoms with van der Waals surface area (Å²) < 4.78 is 42.2. The van der Waals surface area contributed by atoms with E-state index in [1.807, 2.05) is 0 Å². The van der Waals surface area contributed by atoms with E-state index < -0.39 is 15.8 Å². The molecule has 26 heavy (non-hydrogen) atoms. The first-order valence-corrected chi connectivity index (χ1v) is 9.72. The summed E-state index contributed by atoms with van der Waals surface area (Å²) in [6, 6.07) is 9.87. The van der Waals surface area contributed by atoms with Gasteiger partial charge in [-0.2, -0.15) is 0 Å². The molecular weight excluding hydrogens is 359 g/mol. The van der Waals surface area contributed by atoms with Gasteiger partial charge in [-0.05, 0) is 42.7 Å².